The van der Waals surface area contributed by atoms with Crippen LogP contribution in [0.25, 0.3) is 11.0 Å². The average Bonchev–Trinajstić information content (AvgIpc) is 2.76. The minimum Gasteiger partial charge on any atom is -0.545 e. The van der Waals surface area contributed by atoms with Gasteiger partial charge in [-0.25, -0.2) is 4.98 Å². The smallest absolute Gasteiger partial charge is 0.545 e. The van der Waals surface area contributed by atoms with E-state index in [2.05, 4.69) is 14.5 Å². The van der Waals surface area contributed by atoms with Crippen LogP contribution in [0.5, 0.6) is 0 Å². The van der Waals surface area contributed by atoms with Crippen molar-refractivity contribution in [2.24, 2.45) is 0 Å². The summed E-state index contributed by atoms with van der Waals surface area (Å²) in [4.78, 5) is 19.3. The first-order valence-corrected chi connectivity index (χ1v) is 6.22. The Morgan fingerprint density at radius 3 is 2.62 bits per heavy atom. The Labute approximate surface area is 164 Å². The number of carbonyl (C=O) groups is 1. The molecule has 0 N–H and O–H groups in total. The number of hydrogen-bond donors (Lipinski definition) is 0. The number of carboxylic acids is 1. The van der Waals surface area contributed by atoms with E-state index >= 15 is 0 Å². The van der Waals surface area contributed by atoms with Crippen LogP contribution >= 0.6 is 0 Å². The topological polar surface area (TPSA) is 70.8 Å². The number of fused-ring (bicyclic) bond motifs is 1. The van der Waals surface area contributed by atoms with Crippen molar-refractivity contribution in [3.8, 4) is 0 Å². The number of aryl methyl sites for hydroxylation is 1. The third-order valence-corrected chi connectivity index (χ3v) is 3.27. The standard InChI is InChI=1S/C15H13N3O2.K/c1-10-17-13-6-7-16-8-14(13)18(10)9-11-2-4-12(5-3-11)15(19)20;/h2-8H,9H2,1H3,(H,19,20);/q;+1/p-1. The minimum absolute atomic E-state index is 0. The Hall–Kier alpha value is -1.05. The van der Waals surface area contributed by atoms with Gasteiger partial charge in [0.05, 0.1) is 23.2 Å². The maximum absolute atomic E-state index is 10.7. The van der Waals surface area contributed by atoms with Crippen molar-refractivity contribution < 1.29 is 61.3 Å². The number of rotatable bonds is 3. The van der Waals surface area contributed by atoms with Crippen molar-refractivity contribution in [3.05, 3.63) is 59.7 Å². The summed E-state index contributed by atoms with van der Waals surface area (Å²) in [5.74, 6) is -0.262. The zero-order valence-electron chi connectivity index (χ0n) is 11.9. The molecule has 0 aliphatic heterocycles. The van der Waals surface area contributed by atoms with E-state index in [-0.39, 0.29) is 56.9 Å². The summed E-state index contributed by atoms with van der Waals surface area (Å²) in [5.41, 5.74) is 3.06. The fraction of sp³-hybridized carbons (Fsp3) is 0.133. The van der Waals surface area contributed by atoms with Crippen LogP contribution in [0.3, 0.4) is 0 Å². The molecule has 21 heavy (non-hydrogen) atoms. The molecule has 0 fully saturated rings. The van der Waals surface area contributed by atoms with Gasteiger partial charge < -0.3 is 14.5 Å². The van der Waals surface area contributed by atoms with Gasteiger partial charge in [-0.1, -0.05) is 24.3 Å². The number of pyridine rings is 1. The Balaban J connectivity index is 0.00000161. The van der Waals surface area contributed by atoms with Crippen LogP contribution in [0.15, 0.2) is 42.7 Å². The molecule has 100 valence electrons. The first-order valence-electron chi connectivity index (χ1n) is 6.22. The summed E-state index contributed by atoms with van der Waals surface area (Å²) < 4.78 is 2.05. The third kappa shape index (κ3) is 3.41. The van der Waals surface area contributed by atoms with Gasteiger partial charge in [-0.15, -0.1) is 0 Å². The van der Waals surface area contributed by atoms with E-state index in [4.69, 9.17) is 0 Å². The van der Waals surface area contributed by atoms with Crippen molar-refractivity contribution >= 4 is 17.0 Å². The summed E-state index contributed by atoms with van der Waals surface area (Å²) in [5, 5.41) is 10.7. The molecule has 1 aromatic carbocycles. The number of imidazole rings is 1. The summed E-state index contributed by atoms with van der Waals surface area (Å²) in [7, 11) is 0. The van der Waals surface area contributed by atoms with E-state index < -0.39 is 5.97 Å². The summed E-state index contributed by atoms with van der Waals surface area (Å²) in [6.45, 7) is 2.57. The summed E-state index contributed by atoms with van der Waals surface area (Å²) in [6, 6.07) is 8.55. The van der Waals surface area contributed by atoms with Crippen LogP contribution in [0.1, 0.15) is 21.7 Å². The zero-order valence-corrected chi connectivity index (χ0v) is 15.0. The van der Waals surface area contributed by atoms with Gasteiger partial charge >= 0.3 is 51.4 Å². The molecule has 0 unspecified atom stereocenters. The molecular weight excluding hydrogens is 293 g/mol. The van der Waals surface area contributed by atoms with E-state index in [0.717, 1.165) is 22.4 Å². The maximum atomic E-state index is 10.7. The zero-order chi connectivity index (χ0) is 14.1. The molecule has 5 nitrogen and oxygen atoms in total. The molecule has 0 spiro atoms. The van der Waals surface area contributed by atoms with Gasteiger partial charge in [0.2, 0.25) is 0 Å². The van der Waals surface area contributed by atoms with Gasteiger partial charge in [-0.05, 0) is 24.1 Å². The van der Waals surface area contributed by atoms with Gasteiger partial charge in [-0.2, -0.15) is 0 Å². The Kier molecular flexibility index (Phi) is 5.29. The predicted octanol–water partition coefficient (Wildman–Crippen LogP) is -1.84. The van der Waals surface area contributed by atoms with E-state index in [1.54, 1.807) is 36.7 Å². The summed E-state index contributed by atoms with van der Waals surface area (Å²) >= 11 is 0. The van der Waals surface area contributed by atoms with Crippen LogP contribution < -0.4 is 56.5 Å². The molecule has 0 amide bonds. The second-order valence-electron chi connectivity index (χ2n) is 4.59. The average molecular weight is 305 g/mol. The monoisotopic (exact) mass is 305 g/mol. The molecule has 3 aromatic rings. The molecule has 3 rings (SSSR count). The first kappa shape index (κ1) is 16.3. The second kappa shape index (κ2) is 6.80. The maximum Gasteiger partial charge on any atom is 1.00 e. The molecule has 0 aliphatic carbocycles. The van der Waals surface area contributed by atoms with Crippen LogP contribution in [-0.2, 0) is 6.54 Å². The predicted molar refractivity (Wildman–Crippen MR) is 72.1 cm³/mol. The van der Waals surface area contributed by atoms with E-state index in [9.17, 15) is 9.90 Å². The quantitative estimate of drug-likeness (QED) is 0.533. The van der Waals surface area contributed by atoms with Crippen molar-refractivity contribution in [1.29, 1.82) is 0 Å². The number of hydrogen-bond acceptors (Lipinski definition) is 4. The van der Waals surface area contributed by atoms with Crippen molar-refractivity contribution in [1.82, 2.24) is 14.5 Å². The number of carboxylic acid groups (broad SMARTS) is 1. The molecule has 0 radical (unpaired) electrons. The third-order valence-electron chi connectivity index (χ3n) is 3.27. The Bertz CT molecular complexity index is 781. The van der Waals surface area contributed by atoms with E-state index in [1.807, 2.05) is 13.0 Å². The molecule has 0 saturated heterocycles. The van der Waals surface area contributed by atoms with Gasteiger partial charge in [0.15, 0.2) is 0 Å². The summed E-state index contributed by atoms with van der Waals surface area (Å²) in [6.07, 6.45) is 3.50. The number of aromatic carboxylic acids is 1. The van der Waals surface area contributed by atoms with Crippen LogP contribution in [-0.4, -0.2) is 20.5 Å². The van der Waals surface area contributed by atoms with Gasteiger partial charge in [0.1, 0.15) is 5.82 Å². The first-order chi connectivity index (χ1) is 9.65. The molecule has 2 aromatic heterocycles. The van der Waals surface area contributed by atoms with Crippen LogP contribution in [0, 0.1) is 6.92 Å². The molecule has 6 heteroatoms. The molecule has 0 saturated carbocycles. The molecule has 0 atom stereocenters. The SMILES string of the molecule is Cc1nc2ccncc2n1Cc1ccc(C(=O)[O-])cc1.[K+]. The number of benzene rings is 1. The molecular formula is C15H12KN3O2. The molecule has 0 aliphatic rings. The Morgan fingerprint density at radius 2 is 1.95 bits per heavy atom. The van der Waals surface area contributed by atoms with Crippen molar-refractivity contribution in [2.45, 2.75) is 13.5 Å². The second-order valence-corrected chi connectivity index (χ2v) is 4.59. The fourth-order valence-corrected chi connectivity index (χ4v) is 2.22. The van der Waals surface area contributed by atoms with Gasteiger partial charge in [-0.3, -0.25) is 4.98 Å². The normalized spacial score (nSPS) is 10.3. The largest absolute Gasteiger partial charge is 1.00 e. The van der Waals surface area contributed by atoms with Crippen LogP contribution in [0.4, 0.5) is 0 Å². The molecule has 2 heterocycles. The van der Waals surface area contributed by atoms with Crippen molar-refractivity contribution in [2.75, 3.05) is 0 Å². The number of aromatic nitrogens is 3. The number of carbonyl (C=O) groups excluding carboxylic acids is 1. The van der Waals surface area contributed by atoms with E-state index in [1.165, 1.54) is 0 Å². The Morgan fingerprint density at radius 1 is 1.24 bits per heavy atom. The van der Waals surface area contributed by atoms with Gasteiger partial charge in [0.25, 0.3) is 0 Å². The fourth-order valence-electron chi connectivity index (χ4n) is 2.22. The van der Waals surface area contributed by atoms with E-state index in [0.29, 0.717) is 6.54 Å². The molecule has 0 bridgehead atoms. The minimum atomic E-state index is -1.16. The number of nitrogens with zero attached hydrogens (tertiary/aromatic N) is 3. The van der Waals surface area contributed by atoms with Crippen LogP contribution in [0.2, 0.25) is 0 Å². The van der Waals surface area contributed by atoms with Gasteiger partial charge in [0, 0.05) is 12.7 Å². The van der Waals surface area contributed by atoms with Crippen molar-refractivity contribution in [3.63, 3.8) is 0 Å².